The number of rotatable bonds is 2. The van der Waals surface area contributed by atoms with Gasteiger partial charge in [0.25, 0.3) is 0 Å². The van der Waals surface area contributed by atoms with E-state index in [9.17, 15) is 0 Å². The molecule has 0 saturated carbocycles. The maximum absolute atomic E-state index is 8.89. The van der Waals surface area contributed by atoms with Gasteiger partial charge in [0, 0.05) is 0 Å². The molecule has 1 rings (SSSR count). The predicted molar refractivity (Wildman–Crippen MR) is 41.9 cm³/mol. The van der Waals surface area contributed by atoms with E-state index in [0.717, 1.165) is 6.42 Å². The highest BCUT2D eigenvalue weighted by atomic mass is 16.3. The van der Waals surface area contributed by atoms with Crippen molar-refractivity contribution >= 4 is 0 Å². The smallest absolute Gasteiger partial charge is 0.134 e. The average Bonchev–Trinajstić information content (AvgIpc) is 2.24. The molecule has 0 saturated heterocycles. The van der Waals surface area contributed by atoms with E-state index >= 15 is 0 Å². The van der Waals surface area contributed by atoms with Gasteiger partial charge in [-0.15, -0.1) is 0 Å². The van der Waals surface area contributed by atoms with Crippen LogP contribution in [0.1, 0.15) is 27.2 Å². The van der Waals surface area contributed by atoms with E-state index < -0.39 is 0 Å². The Labute approximate surface area is 66.9 Å². The Hall–Kier alpha value is -0.640. The van der Waals surface area contributed by atoms with Crippen LogP contribution < -0.4 is 0 Å². The molecule has 4 heteroatoms. The van der Waals surface area contributed by atoms with E-state index in [1.807, 2.05) is 13.8 Å². The molecule has 1 atom stereocenters. The van der Waals surface area contributed by atoms with Gasteiger partial charge in [-0.3, -0.25) is 0 Å². The Balaban J connectivity index is 2.71. The van der Waals surface area contributed by atoms with Crippen molar-refractivity contribution in [2.75, 3.05) is 6.73 Å². The second-order valence-corrected chi connectivity index (χ2v) is 3.32. The molecule has 1 aliphatic heterocycles. The topological polar surface area (TPSA) is 48.2 Å². The molecule has 0 fully saturated rings. The van der Waals surface area contributed by atoms with Crippen molar-refractivity contribution < 1.29 is 5.11 Å². The quantitative estimate of drug-likeness (QED) is 0.654. The molecular formula is C7H15N3O. The summed E-state index contributed by atoms with van der Waals surface area (Å²) in [6.07, 6.45) is 0.965. The maximum Gasteiger partial charge on any atom is 0.134 e. The number of hydrogen-bond acceptors (Lipinski definition) is 4. The van der Waals surface area contributed by atoms with Crippen LogP contribution in [0.15, 0.2) is 10.3 Å². The summed E-state index contributed by atoms with van der Waals surface area (Å²) >= 11 is 0. The van der Waals surface area contributed by atoms with Crippen molar-refractivity contribution in [2.45, 2.75) is 38.8 Å². The first-order chi connectivity index (χ1) is 5.12. The summed E-state index contributed by atoms with van der Waals surface area (Å²) in [6.45, 7) is 6.11. The minimum absolute atomic E-state index is 0.0486. The third-order valence-corrected chi connectivity index (χ3v) is 2.30. The number of nitrogens with zero attached hydrogens (tertiary/aromatic N) is 3. The van der Waals surface area contributed by atoms with E-state index in [1.165, 1.54) is 0 Å². The Morgan fingerprint density at radius 1 is 1.55 bits per heavy atom. The standard InChI is InChI=1S/C7H15N3O/c1-4-6-7(2,3)10(5-11)9-8-6/h6,11H,4-5H2,1-3H3. The van der Waals surface area contributed by atoms with Crippen LogP contribution in [0.25, 0.3) is 0 Å². The van der Waals surface area contributed by atoms with Crippen LogP contribution >= 0.6 is 0 Å². The predicted octanol–water partition coefficient (Wildman–Crippen LogP) is 1.18. The van der Waals surface area contributed by atoms with Crippen LogP contribution in [0, 0.1) is 0 Å². The Morgan fingerprint density at radius 3 is 2.45 bits per heavy atom. The largest absolute Gasteiger partial charge is 0.375 e. The van der Waals surface area contributed by atoms with Gasteiger partial charge < -0.3 is 5.11 Å². The van der Waals surface area contributed by atoms with E-state index in [4.69, 9.17) is 5.11 Å². The zero-order valence-electron chi connectivity index (χ0n) is 7.28. The lowest BCUT2D eigenvalue weighted by atomic mass is 9.93. The zero-order chi connectivity index (χ0) is 8.48. The highest BCUT2D eigenvalue weighted by Gasteiger charge is 2.38. The van der Waals surface area contributed by atoms with Crippen LogP contribution in [-0.4, -0.2) is 28.4 Å². The number of hydrogen-bond donors (Lipinski definition) is 1. The molecule has 1 heterocycles. The molecule has 1 N–H and O–H groups in total. The van der Waals surface area contributed by atoms with Crippen molar-refractivity contribution in [3.8, 4) is 0 Å². The molecule has 0 aromatic carbocycles. The minimum atomic E-state index is -0.122. The molecule has 1 aliphatic rings. The van der Waals surface area contributed by atoms with Crippen LogP contribution in [0.3, 0.4) is 0 Å². The van der Waals surface area contributed by atoms with Crippen molar-refractivity contribution in [3.63, 3.8) is 0 Å². The minimum Gasteiger partial charge on any atom is -0.375 e. The Morgan fingerprint density at radius 2 is 2.18 bits per heavy atom. The molecule has 4 nitrogen and oxygen atoms in total. The lowest BCUT2D eigenvalue weighted by molar-refractivity contribution is 0.0357. The van der Waals surface area contributed by atoms with Crippen LogP contribution in [0.4, 0.5) is 0 Å². The van der Waals surface area contributed by atoms with Gasteiger partial charge in [0.05, 0.1) is 11.6 Å². The number of aliphatic hydroxyl groups excluding tert-OH is 1. The monoisotopic (exact) mass is 157 g/mol. The van der Waals surface area contributed by atoms with E-state index in [-0.39, 0.29) is 18.3 Å². The van der Waals surface area contributed by atoms with Crippen LogP contribution in [0.5, 0.6) is 0 Å². The van der Waals surface area contributed by atoms with Crippen molar-refractivity contribution in [1.82, 2.24) is 5.01 Å². The lowest BCUT2D eigenvalue weighted by Crippen LogP contribution is -2.44. The zero-order valence-corrected chi connectivity index (χ0v) is 7.28. The summed E-state index contributed by atoms with van der Waals surface area (Å²) in [5.74, 6) is 0. The fourth-order valence-corrected chi connectivity index (χ4v) is 1.34. The molecule has 0 bridgehead atoms. The lowest BCUT2D eigenvalue weighted by Gasteiger charge is -2.30. The van der Waals surface area contributed by atoms with E-state index in [2.05, 4.69) is 17.3 Å². The summed E-state index contributed by atoms with van der Waals surface area (Å²) in [5, 5.41) is 18.4. The molecule has 64 valence electrons. The summed E-state index contributed by atoms with van der Waals surface area (Å²) < 4.78 is 0. The third kappa shape index (κ3) is 1.22. The summed E-state index contributed by atoms with van der Waals surface area (Å²) in [7, 11) is 0. The SMILES string of the molecule is CCC1N=NN(CO)C1(C)C. The highest BCUT2D eigenvalue weighted by molar-refractivity contribution is 4.93. The van der Waals surface area contributed by atoms with Crippen molar-refractivity contribution in [2.24, 2.45) is 10.3 Å². The van der Waals surface area contributed by atoms with Crippen molar-refractivity contribution in [3.05, 3.63) is 0 Å². The average molecular weight is 157 g/mol. The Bertz CT molecular complexity index is 151. The molecular weight excluding hydrogens is 142 g/mol. The molecule has 0 aromatic rings. The maximum atomic E-state index is 8.89. The van der Waals surface area contributed by atoms with Crippen LogP contribution in [-0.2, 0) is 0 Å². The molecule has 0 spiro atoms. The normalized spacial score (nSPS) is 28.0. The summed E-state index contributed by atoms with van der Waals surface area (Å²) in [6, 6.07) is 0.217. The fourth-order valence-electron chi connectivity index (χ4n) is 1.34. The summed E-state index contributed by atoms with van der Waals surface area (Å²) in [4.78, 5) is 0. The second-order valence-electron chi connectivity index (χ2n) is 3.32. The first-order valence-electron chi connectivity index (χ1n) is 3.92. The molecule has 11 heavy (non-hydrogen) atoms. The van der Waals surface area contributed by atoms with Gasteiger partial charge in [-0.1, -0.05) is 12.1 Å². The highest BCUT2D eigenvalue weighted by Crippen LogP contribution is 2.29. The first-order valence-corrected chi connectivity index (χ1v) is 3.92. The number of aliphatic hydroxyl groups is 1. The van der Waals surface area contributed by atoms with Gasteiger partial charge >= 0.3 is 0 Å². The molecule has 1 unspecified atom stereocenters. The summed E-state index contributed by atoms with van der Waals surface area (Å²) in [5.41, 5.74) is -0.122. The molecule has 0 radical (unpaired) electrons. The van der Waals surface area contributed by atoms with Gasteiger partial charge in [0.2, 0.25) is 0 Å². The third-order valence-electron chi connectivity index (χ3n) is 2.30. The molecule has 0 aliphatic carbocycles. The van der Waals surface area contributed by atoms with Gasteiger partial charge in [-0.05, 0) is 20.3 Å². The van der Waals surface area contributed by atoms with Gasteiger partial charge in [-0.25, -0.2) is 5.01 Å². The second kappa shape index (κ2) is 2.77. The molecule has 0 amide bonds. The Kier molecular flexibility index (Phi) is 2.13. The van der Waals surface area contributed by atoms with Gasteiger partial charge in [0.1, 0.15) is 6.73 Å². The van der Waals surface area contributed by atoms with Gasteiger partial charge in [0.15, 0.2) is 0 Å². The van der Waals surface area contributed by atoms with E-state index in [1.54, 1.807) is 5.01 Å². The van der Waals surface area contributed by atoms with Gasteiger partial charge in [-0.2, -0.15) is 5.11 Å². The van der Waals surface area contributed by atoms with Crippen LogP contribution in [0.2, 0.25) is 0 Å². The van der Waals surface area contributed by atoms with Crippen molar-refractivity contribution in [1.29, 1.82) is 0 Å². The first kappa shape index (κ1) is 8.46. The van der Waals surface area contributed by atoms with E-state index in [0.29, 0.717) is 0 Å². The molecule has 0 aromatic heterocycles. The fraction of sp³-hybridized carbons (Fsp3) is 1.00.